The fourth-order valence-electron chi connectivity index (χ4n) is 2.04. The molecular weight excluding hydrogens is 280 g/mol. The van der Waals surface area contributed by atoms with Crippen LogP contribution in [0.2, 0.25) is 0 Å². The summed E-state index contributed by atoms with van der Waals surface area (Å²) < 4.78 is 3.17. The first-order valence-corrected chi connectivity index (χ1v) is 7.35. The maximum absolute atomic E-state index is 9.78. The van der Waals surface area contributed by atoms with Gasteiger partial charge in [-0.05, 0) is 48.5 Å². The minimum atomic E-state index is -0.183. The lowest BCUT2D eigenvalue weighted by molar-refractivity contribution is 0.153. The zero-order valence-electron chi connectivity index (χ0n) is 11.0. The van der Waals surface area contributed by atoms with Crippen LogP contribution < -0.4 is 0 Å². The summed E-state index contributed by atoms with van der Waals surface area (Å²) in [5, 5.41) is 14.3. The zero-order valence-corrected chi connectivity index (χ0v) is 12.6. The smallest absolute Gasteiger partial charge is 0.0766 e. The second-order valence-corrected chi connectivity index (χ2v) is 5.15. The van der Waals surface area contributed by atoms with Crippen molar-refractivity contribution in [1.29, 1.82) is 0 Å². The summed E-state index contributed by atoms with van der Waals surface area (Å²) in [6.45, 7) is 7.20. The van der Waals surface area contributed by atoms with Crippen LogP contribution in [0, 0.1) is 0 Å². The number of aryl methyl sites for hydroxylation is 2. The highest BCUT2D eigenvalue weighted by atomic mass is 79.9. The van der Waals surface area contributed by atoms with Gasteiger partial charge < -0.3 is 5.11 Å². The Morgan fingerprint density at radius 1 is 1.29 bits per heavy atom. The van der Waals surface area contributed by atoms with Crippen molar-refractivity contribution in [2.24, 2.45) is 0 Å². The quantitative estimate of drug-likeness (QED) is 0.839. The molecule has 1 rings (SSSR count). The van der Waals surface area contributed by atoms with E-state index >= 15 is 0 Å². The number of halogens is 1. The Labute approximate surface area is 112 Å². The first kappa shape index (κ1) is 14.7. The van der Waals surface area contributed by atoms with Crippen molar-refractivity contribution < 1.29 is 5.11 Å². The van der Waals surface area contributed by atoms with Gasteiger partial charge in [0.25, 0.3) is 0 Å². The van der Waals surface area contributed by atoms with Gasteiger partial charge in [-0.15, -0.1) is 0 Å². The number of aliphatic hydroxyl groups excluding tert-OH is 1. The summed E-state index contributed by atoms with van der Waals surface area (Å²) >= 11 is 3.63. The molecule has 1 atom stereocenters. The number of hydrogen-bond donors (Lipinski definition) is 1. The third-order valence-electron chi connectivity index (χ3n) is 3.03. The van der Waals surface area contributed by atoms with Crippen LogP contribution in [0.3, 0.4) is 0 Å². The lowest BCUT2D eigenvalue weighted by atomic mass is 10.1. The second-order valence-electron chi connectivity index (χ2n) is 4.36. The molecule has 1 unspecified atom stereocenters. The molecule has 0 radical (unpaired) electrons. The average Bonchev–Trinajstić information content (AvgIpc) is 2.63. The van der Waals surface area contributed by atoms with E-state index in [-0.39, 0.29) is 6.10 Å². The van der Waals surface area contributed by atoms with Gasteiger partial charge in [0.1, 0.15) is 0 Å². The van der Waals surface area contributed by atoms with Gasteiger partial charge in [-0.2, -0.15) is 5.10 Å². The van der Waals surface area contributed by atoms with Crippen LogP contribution in [0.4, 0.5) is 0 Å². The molecule has 3 nitrogen and oxygen atoms in total. The molecule has 0 saturated heterocycles. The van der Waals surface area contributed by atoms with Gasteiger partial charge >= 0.3 is 0 Å². The molecule has 0 aliphatic heterocycles. The van der Waals surface area contributed by atoms with Crippen molar-refractivity contribution in [1.82, 2.24) is 9.78 Å². The van der Waals surface area contributed by atoms with E-state index in [0.29, 0.717) is 0 Å². The largest absolute Gasteiger partial charge is 0.393 e. The van der Waals surface area contributed by atoms with Gasteiger partial charge in [-0.1, -0.05) is 20.3 Å². The fraction of sp³-hybridized carbons (Fsp3) is 0.769. The predicted octanol–water partition coefficient (Wildman–Crippen LogP) is 3.32. The van der Waals surface area contributed by atoms with E-state index in [4.69, 9.17) is 0 Å². The van der Waals surface area contributed by atoms with Crippen molar-refractivity contribution in [2.75, 3.05) is 0 Å². The molecule has 0 fully saturated rings. The number of aromatic nitrogens is 2. The molecule has 17 heavy (non-hydrogen) atoms. The Morgan fingerprint density at radius 2 is 2.00 bits per heavy atom. The van der Waals surface area contributed by atoms with Crippen molar-refractivity contribution >= 4 is 15.9 Å². The van der Waals surface area contributed by atoms with E-state index < -0.39 is 0 Å². The van der Waals surface area contributed by atoms with Crippen LogP contribution in [-0.4, -0.2) is 21.0 Å². The Bertz CT molecular complexity index is 349. The maximum Gasteiger partial charge on any atom is 0.0766 e. The molecule has 0 spiro atoms. The first-order valence-electron chi connectivity index (χ1n) is 6.56. The van der Waals surface area contributed by atoms with Crippen molar-refractivity contribution in [3.63, 3.8) is 0 Å². The van der Waals surface area contributed by atoms with Crippen molar-refractivity contribution in [3.05, 3.63) is 15.9 Å². The molecule has 4 heteroatoms. The van der Waals surface area contributed by atoms with Crippen molar-refractivity contribution in [2.45, 2.75) is 65.5 Å². The van der Waals surface area contributed by atoms with Gasteiger partial charge in [0.15, 0.2) is 0 Å². The summed E-state index contributed by atoms with van der Waals surface area (Å²) in [5.41, 5.74) is 2.34. The van der Waals surface area contributed by atoms with Crippen LogP contribution in [0.1, 0.15) is 51.4 Å². The molecule has 0 bridgehead atoms. The van der Waals surface area contributed by atoms with E-state index in [1.165, 1.54) is 5.69 Å². The first-order chi connectivity index (χ1) is 8.13. The molecule has 98 valence electrons. The molecule has 0 saturated carbocycles. The van der Waals surface area contributed by atoms with E-state index in [2.05, 4.69) is 41.8 Å². The van der Waals surface area contributed by atoms with Crippen LogP contribution in [0.15, 0.2) is 4.47 Å². The molecular formula is C13H23BrN2O. The van der Waals surface area contributed by atoms with E-state index in [0.717, 1.165) is 48.8 Å². The Balaban J connectivity index is 2.72. The third kappa shape index (κ3) is 3.81. The summed E-state index contributed by atoms with van der Waals surface area (Å²) in [6, 6.07) is 0. The molecule has 0 amide bonds. The molecule has 1 aromatic heterocycles. The monoisotopic (exact) mass is 302 g/mol. The Hall–Kier alpha value is -0.350. The zero-order chi connectivity index (χ0) is 12.8. The Morgan fingerprint density at radius 3 is 2.53 bits per heavy atom. The summed E-state index contributed by atoms with van der Waals surface area (Å²) in [5.74, 6) is 0. The van der Waals surface area contributed by atoms with Crippen LogP contribution >= 0.6 is 15.9 Å². The molecule has 1 N–H and O–H groups in total. The predicted molar refractivity (Wildman–Crippen MR) is 74.2 cm³/mol. The molecule has 1 aromatic rings. The molecule has 1 heterocycles. The highest BCUT2D eigenvalue weighted by Crippen LogP contribution is 2.24. The average molecular weight is 303 g/mol. The summed E-state index contributed by atoms with van der Waals surface area (Å²) in [7, 11) is 0. The highest BCUT2D eigenvalue weighted by molar-refractivity contribution is 9.10. The maximum atomic E-state index is 9.78. The lowest BCUT2D eigenvalue weighted by Crippen LogP contribution is -2.10. The number of nitrogens with zero attached hydrogens (tertiary/aromatic N) is 2. The second kappa shape index (κ2) is 7.17. The fourth-order valence-corrected chi connectivity index (χ4v) is 2.80. The standard InChI is InChI=1S/C13H23BrN2O/c1-4-7-10(17)8-9-12-13(14)11(5-2)15-16(12)6-3/h10,17H,4-9H2,1-3H3. The number of aliphatic hydroxyl groups is 1. The van der Waals surface area contributed by atoms with Crippen LogP contribution in [-0.2, 0) is 19.4 Å². The van der Waals surface area contributed by atoms with Crippen LogP contribution in [0.5, 0.6) is 0 Å². The van der Waals surface area contributed by atoms with Gasteiger partial charge in [-0.25, -0.2) is 0 Å². The van der Waals surface area contributed by atoms with E-state index in [1.807, 2.05) is 4.68 Å². The summed E-state index contributed by atoms with van der Waals surface area (Å²) in [6.07, 6.45) is 4.40. The molecule has 0 aromatic carbocycles. The summed E-state index contributed by atoms with van der Waals surface area (Å²) in [4.78, 5) is 0. The van der Waals surface area contributed by atoms with Crippen LogP contribution in [0.25, 0.3) is 0 Å². The van der Waals surface area contributed by atoms with Gasteiger partial charge in [0.05, 0.1) is 22.0 Å². The minimum absolute atomic E-state index is 0.183. The SMILES string of the molecule is CCCC(O)CCc1c(Br)c(CC)nn1CC. The van der Waals surface area contributed by atoms with Crippen molar-refractivity contribution in [3.8, 4) is 0 Å². The topological polar surface area (TPSA) is 38.1 Å². The Kier molecular flexibility index (Phi) is 6.20. The van der Waals surface area contributed by atoms with Gasteiger partial charge in [0.2, 0.25) is 0 Å². The lowest BCUT2D eigenvalue weighted by Gasteiger charge is -2.10. The van der Waals surface area contributed by atoms with E-state index in [9.17, 15) is 5.11 Å². The molecule has 0 aliphatic carbocycles. The number of rotatable bonds is 7. The molecule has 0 aliphatic rings. The third-order valence-corrected chi connectivity index (χ3v) is 3.95. The van der Waals surface area contributed by atoms with Gasteiger partial charge in [-0.3, -0.25) is 4.68 Å². The van der Waals surface area contributed by atoms with E-state index in [1.54, 1.807) is 0 Å². The number of hydrogen-bond acceptors (Lipinski definition) is 2. The highest BCUT2D eigenvalue weighted by Gasteiger charge is 2.14. The minimum Gasteiger partial charge on any atom is -0.393 e. The van der Waals surface area contributed by atoms with Gasteiger partial charge in [0, 0.05) is 6.54 Å². The normalized spacial score (nSPS) is 13.0.